The van der Waals surface area contributed by atoms with E-state index in [1.165, 1.54) is 51.6 Å². The van der Waals surface area contributed by atoms with E-state index >= 15 is 0 Å². The van der Waals surface area contributed by atoms with Crippen molar-refractivity contribution in [1.82, 2.24) is 10.2 Å². The van der Waals surface area contributed by atoms with Crippen molar-refractivity contribution in [2.45, 2.75) is 60.4 Å². The molecule has 3 atom stereocenters. The SMILES string of the molecule is C1CCC[N]CC1.CN(c1ccccc1[S+]([O-])c1ccccc1)C1CC[N+]2CCC12. The molecule has 0 spiro atoms. The molecule has 2 radical (unpaired) electrons. The Balaban J connectivity index is 0.000000265. The third kappa shape index (κ3) is 5.02. The van der Waals surface area contributed by atoms with Crippen LogP contribution in [0.1, 0.15) is 38.5 Å². The van der Waals surface area contributed by atoms with Gasteiger partial charge in [0.15, 0.2) is 15.8 Å². The molecule has 0 aliphatic carbocycles. The molecule has 2 aromatic rings. The van der Waals surface area contributed by atoms with Gasteiger partial charge in [0.1, 0.15) is 13.1 Å². The lowest BCUT2D eigenvalue weighted by Gasteiger charge is -2.34. The average molecular weight is 425 g/mol. The van der Waals surface area contributed by atoms with Crippen molar-refractivity contribution in [3.8, 4) is 0 Å². The molecule has 0 amide bonds. The Hall–Kier alpha value is -1.53. The third-order valence-corrected chi connectivity index (χ3v) is 8.06. The van der Waals surface area contributed by atoms with Gasteiger partial charge in [-0.3, -0.25) is 0 Å². The highest BCUT2D eigenvalue weighted by molar-refractivity contribution is 7.91. The molecule has 3 heterocycles. The zero-order valence-electron chi connectivity index (χ0n) is 18.1. The van der Waals surface area contributed by atoms with E-state index in [2.05, 4.69) is 28.2 Å². The van der Waals surface area contributed by atoms with Gasteiger partial charge < -0.3 is 9.45 Å². The van der Waals surface area contributed by atoms with E-state index in [1.807, 2.05) is 48.5 Å². The van der Waals surface area contributed by atoms with Crippen molar-refractivity contribution < 1.29 is 4.55 Å². The van der Waals surface area contributed by atoms with Crippen LogP contribution < -0.4 is 15.1 Å². The molecule has 5 rings (SSSR count). The number of likely N-dealkylation sites (N-methyl/N-ethyl adjacent to an activating group) is 1. The van der Waals surface area contributed by atoms with E-state index in [0.717, 1.165) is 28.6 Å². The first kappa shape index (κ1) is 21.7. The first-order valence-corrected chi connectivity index (χ1v) is 12.6. The first-order valence-electron chi connectivity index (χ1n) is 11.4. The molecule has 3 unspecified atom stereocenters. The van der Waals surface area contributed by atoms with E-state index in [0.29, 0.717) is 12.1 Å². The quantitative estimate of drug-likeness (QED) is 0.547. The summed E-state index contributed by atoms with van der Waals surface area (Å²) in [5, 5.41) is 4.27. The summed E-state index contributed by atoms with van der Waals surface area (Å²) < 4.78 is 13.0. The normalized spacial score (nSPS) is 24.6. The van der Waals surface area contributed by atoms with Crippen LogP contribution in [0.2, 0.25) is 0 Å². The fraction of sp³-hybridized carbons (Fsp3) is 0.520. The Kier molecular flexibility index (Phi) is 7.72. The van der Waals surface area contributed by atoms with Crippen LogP contribution >= 0.6 is 0 Å². The van der Waals surface area contributed by atoms with Crippen LogP contribution in [0.15, 0.2) is 64.4 Å². The van der Waals surface area contributed by atoms with Crippen molar-refractivity contribution in [1.29, 1.82) is 0 Å². The van der Waals surface area contributed by atoms with Gasteiger partial charge in [-0.1, -0.05) is 43.2 Å². The smallest absolute Gasteiger partial charge is 0.181 e. The van der Waals surface area contributed by atoms with Crippen molar-refractivity contribution in [3.05, 3.63) is 54.6 Å². The summed E-state index contributed by atoms with van der Waals surface area (Å²) in [5.74, 6) is 0. The molecule has 0 bridgehead atoms. The van der Waals surface area contributed by atoms with Crippen molar-refractivity contribution >= 4 is 16.9 Å². The minimum atomic E-state index is -1.14. The maximum atomic E-state index is 13.0. The van der Waals surface area contributed by atoms with Gasteiger partial charge in [0.2, 0.25) is 0 Å². The van der Waals surface area contributed by atoms with Crippen LogP contribution in [0.25, 0.3) is 0 Å². The minimum absolute atomic E-state index is 0.540. The molecule has 2 aromatic carbocycles. The van der Waals surface area contributed by atoms with Crippen LogP contribution in [0.5, 0.6) is 0 Å². The molecule has 3 aliphatic heterocycles. The standard InChI is InChI=1S/C19H22N2OS.C6H12N/c1-20(16-11-13-21-14-12-17(16)21)18-9-5-6-10-19(18)23(22)15-7-3-2-4-8-15;1-2-4-6-7-5-3-1/h2-10,16-17H,11-14H2,1H3;1-6H2/q+1;. The molecule has 0 N–H and O–H groups in total. The second kappa shape index (κ2) is 10.7. The summed E-state index contributed by atoms with van der Waals surface area (Å²) in [5.41, 5.74) is 1.11. The van der Waals surface area contributed by atoms with Crippen molar-refractivity contribution in [3.63, 3.8) is 0 Å². The number of hydrogen-bond donors (Lipinski definition) is 0. The molecule has 4 nitrogen and oxygen atoms in total. The molecule has 3 aliphatic rings. The lowest BCUT2D eigenvalue weighted by atomic mass is 9.98. The average Bonchev–Trinajstić information content (AvgIpc) is 2.98. The van der Waals surface area contributed by atoms with E-state index in [-0.39, 0.29) is 0 Å². The maximum Gasteiger partial charge on any atom is 0.181 e. The molecule has 0 aromatic heterocycles. The van der Waals surface area contributed by atoms with Crippen LogP contribution in [0.4, 0.5) is 5.69 Å². The highest BCUT2D eigenvalue weighted by Gasteiger charge is 2.51. The van der Waals surface area contributed by atoms with Gasteiger partial charge in [0, 0.05) is 37.7 Å². The zero-order valence-corrected chi connectivity index (χ0v) is 18.9. The molecule has 5 heteroatoms. The number of hydrogen-bond acceptors (Lipinski definition) is 3. The topological polar surface area (TPSA) is 46.3 Å². The van der Waals surface area contributed by atoms with Gasteiger partial charge in [-0.15, -0.1) is 0 Å². The summed E-state index contributed by atoms with van der Waals surface area (Å²) in [6.45, 7) is 4.69. The van der Waals surface area contributed by atoms with Gasteiger partial charge in [0.25, 0.3) is 0 Å². The number of rotatable bonds is 4. The van der Waals surface area contributed by atoms with Gasteiger partial charge in [-0.2, -0.15) is 4.90 Å². The first-order chi connectivity index (χ1) is 14.8. The van der Waals surface area contributed by atoms with E-state index in [9.17, 15) is 4.55 Å². The van der Waals surface area contributed by atoms with E-state index < -0.39 is 11.2 Å². The van der Waals surface area contributed by atoms with Gasteiger partial charge in [-0.25, -0.2) is 5.32 Å². The van der Waals surface area contributed by atoms with Gasteiger partial charge in [0.05, 0.1) is 18.2 Å². The Morgan fingerprint density at radius 3 is 2.23 bits per heavy atom. The number of anilines is 1. The number of benzene rings is 2. The molecule has 3 fully saturated rings. The number of para-hydroxylation sites is 1. The summed E-state index contributed by atoms with van der Waals surface area (Å²) >= 11 is -1.14. The second-order valence-electron chi connectivity index (χ2n) is 8.49. The van der Waals surface area contributed by atoms with E-state index in [1.54, 1.807) is 0 Å². The summed E-state index contributed by atoms with van der Waals surface area (Å²) in [7, 11) is 2.16. The third-order valence-electron chi connectivity index (χ3n) is 6.62. The van der Waals surface area contributed by atoms with Crippen LogP contribution in [0.3, 0.4) is 0 Å². The summed E-state index contributed by atoms with van der Waals surface area (Å²) in [6, 6.07) is 19.1. The Morgan fingerprint density at radius 1 is 0.900 bits per heavy atom. The second-order valence-corrected chi connectivity index (χ2v) is 9.94. The number of fused-ring (bicyclic) bond motifs is 1. The van der Waals surface area contributed by atoms with Gasteiger partial charge in [-0.05, 0) is 37.1 Å². The number of nitrogens with zero attached hydrogens (tertiary/aromatic N) is 3. The monoisotopic (exact) mass is 424 g/mol. The van der Waals surface area contributed by atoms with Gasteiger partial charge >= 0.3 is 0 Å². The molecular formula is C25H34N3OS+. The lowest BCUT2D eigenvalue weighted by Crippen LogP contribution is -2.55. The fourth-order valence-corrected chi connectivity index (χ4v) is 6.05. The summed E-state index contributed by atoms with van der Waals surface area (Å²) in [4.78, 5) is 6.71. The Labute approximate surface area is 184 Å². The predicted octanol–water partition coefficient (Wildman–Crippen LogP) is 4.14. The predicted molar refractivity (Wildman–Crippen MR) is 125 cm³/mol. The minimum Gasteiger partial charge on any atom is -0.606 e. The highest BCUT2D eigenvalue weighted by Crippen LogP contribution is 2.36. The van der Waals surface area contributed by atoms with Crippen molar-refractivity contribution in [2.75, 3.05) is 38.1 Å². The summed E-state index contributed by atoms with van der Waals surface area (Å²) in [6.07, 6.45) is 7.97. The largest absolute Gasteiger partial charge is 0.606 e. The van der Waals surface area contributed by atoms with Crippen LogP contribution in [-0.2, 0) is 11.2 Å². The zero-order chi connectivity index (χ0) is 20.8. The molecule has 0 saturated carbocycles. The molecular weight excluding hydrogens is 390 g/mol. The fourth-order valence-electron chi connectivity index (χ4n) is 4.78. The maximum absolute atomic E-state index is 13.0. The van der Waals surface area contributed by atoms with E-state index in [4.69, 9.17) is 0 Å². The Morgan fingerprint density at radius 2 is 1.57 bits per heavy atom. The lowest BCUT2D eigenvalue weighted by molar-refractivity contribution is 0.239. The molecule has 3 saturated heterocycles. The van der Waals surface area contributed by atoms with Crippen molar-refractivity contribution in [2.24, 2.45) is 0 Å². The van der Waals surface area contributed by atoms with Crippen LogP contribution in [0, 0.1) is 0 Å². The molecule has 160 valence electrons. The Bertz CT molecular complexity index is 767. The van der Waals surface area contributed by atoms with Crippen LogP contribution in [-0.4, -0.2) is 49.9 Å². The molecule has 30 heavy (non-hydrogen) atoms. The highest BCUT2D eigenvalue weighted by atomic mass is 32.2.